The van der Waals surface area contributed by atoms with Crippen LogP contribution in [0.25, 0.3) is 11.0 Å². The number of rotatable bonds is 11. The van der Waals surface area contributed by atoms with Crippen LogP contribution in [0.4, 0.5) is 16.2 Å². The molecule has 0 unspecified atom stereocenters. The first-order valence-corrected chi connectivity index (χ1v) is 25.5. The smallest absolute Gasteiger partial charge is 0.421 e. The van der Waals surface area contributed by atoms with Gasteiger partial charge >= 0.3 is 12.1 Å². The van der Waals surface area contributed by atoms with Crippen LogP contribution in [-0.2, 0) is 42.4 Å². The molecular weight excluding hydrogens is 967 g/mol. The number of non-ortho nitro benzene ring substituents is 1. The maximum Gasteiger partial charge on any atom is 0.421 e. The van der Waals surface area contributed by atoms with Gasteiger partial charge in [-0.2, -0.15) is 0 Å². The Bertz CT molecular complexity index is 3370. The molecule has 1 spiro atoms. The number of para-hydroxylation sites is 1. The van der Waals surface area contributed by atoms with Crippen LogP contribution in [0.15, 0.2) is 152 Å². The molecule has 0 aliphatic carbocycles. The number of ether oxygens (including phenoxy) is 3. The van der Waals surface area contributed by atoms with Gasteiger partial charge in [-0.3, -0.25) is 29.4 Å². The second-order valence-corrected chi connectivity index (χ2v) is 19.4. The van der Waals surface area contributed by atoms with Gasteiger partial charge in [-0.25, -0.2) is 14.4 Å². The Labute approximate surface area is 437 Å². The van der Waals surface area contributed by atoms with Crippen LogP contribution in [0.5, 0.6) is 5.75 Å². The number of likely N-dealkylation sites (tertiary alicyclic amines) is 1. The van der Waals surface area contributed by atoms with E-state index in [1.807, 2.05) is 89.8 Å². The number of amides is 3. The predicted molar refractivity (Wildman–Crippen MR) is 278 cm³/mol. The zero-order chi connectivity index (χ0) is 52.3. The minimum Gasteiger partial charge on any atom is -0.491 e. The van der Waals surface area contributed by atoms with Gasteiger partial charge in [0.25, 0.3) is 5.69 Å². The van der Waals surface area contributed by atoms with Crippen molar-refractivity contribution in [1.29, 1.82) is 0 Å². The monoisotopic (exact) mass is 1020 g/mol. The van der Waals surface area contributed by atoms with Crippen molar-refractivity contribution < 1.29 is 43.4 Å². The largest absolute Gasteiger partial charge is 0.491 e. The highest BCUT2D eigenvalue weighted by molar-refractivity contribution is 6.23. The number of hydrogen-bond acceptors (Lipinski definition) is 13. The van der Waals surface area contributed by atoms with Crippen molar-refractivity contribution in [2.24, 2.45) is 5.92 Å². The number of carbonyl (C=O) groups is 4. The summed E-state index contributed by atoms with van der Waals surface area (Å²) in [4.78, 5) is 79.6. The summed E-state index contributed by atoms with van der Waals surface area (Å²) in [7, 11) is 0. The maximum absolute atomic E-state index is 16.8. The number of hydrogen-bond donors (Lipinski definition) is 1. The van der Waals surface area contributed by atoms with Crippen molar-refractivity contribution in [3.63, 3.8) is 0 Å². The standard InChI is InChI=1S/C59H53N7O10/c67-35-36-74-45-29-25-43(26-30-45)54-59(50(55(68)62-32-12-2-1-3-13-33-62)52-56(69)76-53(42-18-8-5-9-19-42)51(65(52)54)41-16-6-4-7-17-41)46-37-39(15-14-34-63-49-21-11-10-20-47(49)60-61-63)24-31-48(46)64(57(59)70)58(71)75-38-40-22-27-44(28-23-40)66(72)73/h4-11,16-31,37,50-54,67H,1-3,12-13,32-36,38H2/t50-,51-,52-,53+,54+,59-/m1/s1. The lowest BCUT2D eigenvalue weighted by Crippen LogP contribution is -2.56. The van der Waals surface area contributed by atoms with Gasteiger partial charge in [0, 0.05) is 30.8 Å². The number of anilines is 1. The fraction of sp³-hybridized carbons (Fsp3) is 0.288. The summed E-state index contributed by atoms with van der Waals surface area (Å²) in [6.45, 7) is 0.366. The van der Waals surface area contributed by atoms with Crippen LogP contribution in [-0.4, -0.2) is 91.0 Å². The quantitative estimate of drug-likeness (QED) is 0.0560. The summed E-state index contributed by atoms with van der Waals surface area (Å²) in [5.74, 6) is 3.51. The van der Waals surface area contributed by atoms with Crippen molar-refractivity contribution >= 4 is 46.3 Å². The van der Waals surface area contributed by atoms with Crippen LogP contribution >= 0.6 is 0 Å². The molecule has 3 fully saturated rings. The van der Waals surface area contributed by atoms with Crippen LogP contribution in [0.1, 0.15) is 83.7 Å². The van der Waals surface area contributed by atoms with E-state index < -0.39 is 64.4 Å². The summed E-state index contributed by atoms with van der Waals surface area (Å²) < 4.78 is 20.2. The van der Waals surface area contributed by atoms with Gasteiger partial charge in [-0.05, 0) is 95.3 Å². The fourth-order valence-electron chi connectivity index (χ4n) is 11.7. The van der Waals surface area contributed by atoms with Gasteiger partial charge in [0.05, 0.1) is 40.7 Å². The predicted octanol–water partition coefficient (Wildman–Crippen LogP) is 8.56. The molecule has 0 saturated carbocycles. The first kappa shape index (κ1) is 49.5. The molecule has 1 N–H and O–H groups in total. The number of aliphatic hydroxyl groups is 1. The molecule has 11 rings (SSSR count). The average Bonchev–Trinajstić information content (AvgIpc) is 4.02. The molecule has 0 radical (unpaired) electrons. The molecule has 3 amide bonds. The first-order chi connectivity index (χ1) is 37.2. The number of nitrogens with zero attached hydrogens (tertiary/aromatic N) is 7. The second kappa shape index (κ2) is 21.3. The molecule has 17 nitrogen and oxygen atoms in total. The summed E-state index contributed by atoms with van der Waals surface area (Å²) in [5, 5.41) is 29.8. The topological polar surface area (TPSA) is 200 Å². The molecule has 76 heavy (non-hydrogen) atoms. The fourth-order valence-corrected chi connectivity index (χ4v) is 11.7. The van der Waals surface area contributed by atoms with Gasteiger partial charge in [-0.15, -0.1) is 5.10 Å². The zero-order valence-corrected chi connectivity index (χ0v) is 41.4. The van der Waals surface area contributed by atoms with Gasteiger partial charge in [0.15, 0.2) is 0 Å². The third-order valence-electron chi connectivity index (χ3n) is 15.0. The van der Waals surface area contributed by atoms with E-state index in [0.717, 1.165) is 35.2 Å². The maximum atomic E-state index is 16.8. The van der Waals surface area contributed by atoms with Crippen molar-refractivity contribution in [1.82, 2.24) is 24.8 Å². The number of fused-ring (bicyclic) bond motifs is 4. The summed E-state index contributed by atoms with van der Waals surface area (Å²) in [6.07, 6.45) is 2.22. The number of cyclic esters (lactones) is 1. The van der Waals surface area contributed by atoms with Crippen molar-refractivity contribution in [3.05, 3.63) is 195 Å². The third-order valence-corrected chi connectivity index (χ3v) is 15.0. The molecule has 1 aromatic heterocycles. The SMILES string of the molecule is O=C1O[C@@H](c2ccccc2)[C@@H](c2ccccc2)N2[C@@H](c3ccc(OCCO)cc3)[C@]3(C(=O)N(C(=O)OCc4ccc([N+](=O)[O-])cc4)c4ccc(C#CCn5nnc6ccccc65)cc43)[C@@H](C(=O)N3CCCCCCC3)[C@H]12. The summed E-state index contributed by atoms with van der Waals surface area (Å²) >= 11 is 0. The number of morpholine rings is 1. The number of aromatic nitrogens is 3. The lowest BCUT2D eigenvalue weighted by Gasteiger charge is -2.46. The van der Waals surface area contributed by atoms with E-state index >= 15 is 19.2 Å². The number of esters is 1. The lowest BCUT2D eigenvalue weighted by molar-refractivity contribution is -0.384. The Morgan fingerprint density at radius 2 is 1.47 bits per heavy atom. The van der Waals surface area contributed by atoms with E-state index in [0.29, 0.717) is 59.5 Å². The molecule has 6 aromatic carbocycles. The number of aliphatic hydroxyl groups excluding tert-OH is 1. The van der Waals surface area contributed by atoms with Gasteiger partial charge in [-0.1, -0.05) is 121 Å². The van der Waals surface area contributed by atoms with Crippen molar-refractivity contribution in [3.8, 4) is 17.6 Å². The minimum absolute atomic E-state index is 0.0216. The van der Waals surface area contributed by atoms with Gasteiger partial charge in [0.2, 0.25) is 11.8 Å². The van der Waals surface area contributed by atoms with E-state index in [1.165, 1.54) is 24.3 Å². The van der Waals surface area contributed by atoms with Crippen LogP contribution in [0.3, 0.4) is 0 Å². The molecule has 17 heteroatoms. The average molecular weight is 1020 g/mol. The Hall–Kier alpha value is -8.72. The molecule has 6 atom stereocenters. The second-order valence-electron chi connectivity index (χ2n) is 19.4. The minimum atomic E-state index is -2.06. The molecular formula is C59H53N7O10. The molecule has 7 aromatic rings. The van der Waals surface area contributed by atoms with Crippen molar-refractivity contribution in [2.45, 2.75) is 74.9 Å². The number of nitro benzene ring substituents is 1. The number of nitro groups is 1. The Morgan fingerprint density at radius 3 is 2.18 bits per heavy atom. The van der Waals surface area contributed by atoms with E-state index in [4.69, 9.17) is 14.2 Å². The summed E-state index contributed by atoms with van der Waals surface area (Å²) in [5.41, 5.74) is 2.55. The van der Waals surface area contributed by atoms with E-state index in [-0.39, 0.29) is 43.3 Å². The highest BCUT2D eigenvalue weighted by Crippen LogP contribution is 2.66. The highest BCUT2D eigenvalue weighted by atomic mass is 16.6. The normalized spacial score (nSPS) is 22.2. The van der Waals surface area contributed by atoms with Gasteiger partial charge in [0.1, 0.15) is 48.6 Å². The summed E-state index contributed by atoms with van der Waals surface area (Å²) in [6, 6.07) is 40.8. The van der Waals surface area contributed by atoms with Crippen molar-refractivity contribution in [2.75, 3.05) is 31.2 Å². The first-order valence-electron chi connectivity index (χ1n) is 25.5. The Morgan fingerprint density at radius 1 is 0.789 bits per heavy atom. The number of imide groups is 1. The molecule has 5 heterocycles. The molecule has 384 valence electrons. The third kappa shape index (κ3) is 8.98. The lowest BCUT2D eigenvalue weighted by atomic mass is 9.64. The van der Waals surface area contributed by atoms with Crippen LogP contribution in [0, 0.1) is 27.9 Å². The van der Waals surface area contributed by atoms with Crippen LogP contribution < -0.4 is 9.64 Å². The number of benzene rings is 6. The van der Waals surface area contributed by atoms with E-state index in [9.17, 15) is 15.2 Å². The van der Waals surface area contributed by atoms with E-state index in [1.54, 1.807) is 52.0 Å². The van der Waals surface area contributed by atoms with E-state index in [2.05, 4.69) is 22.2 Å². The highest BCUT2D eigenvalue weighted by Gasteiger charge is 2.76. The zero-order valence-electron chi connectivity index (χ0n) is 41.4. The van der Waals surface area contributed by atoms with Crippen LogP contribution in [0.2, 0.25) is 0 Å². The molecule has 4 aliphatic rings. The Balaban J connectivity index is 1.15. The molecule has 0 bridgehead atoms. The van der Waals surface area contributed by atoms with Gasteiger partial charge < -0.3 is 24.2 Å². The Kier molecular flexibility index (Phi) is 13.8. The number of carbonyl (C=O) groups excluding carboxylic acids is 4. The molecule has 3 saturated heterocycles. The molecule has 4 aliphatic heterocycles.